The van der Waals surface area contributed by atoms with Gasteiger partial charge in [-0.15, -0.1) is 0 Å². The van der Waals surface area contributed by atoms with Gasteiger partial charge in [0.15, 0.2) is 0 Å². The fourth-order valence-electron chi connectivity index (χ4n) is 3.92. The van der Waals surface area contributed by atoms with Crippen LogP contribution in [0.2, 0.25) is 0 Å². The van der Waals surface area contributed by atoms with Gasteiger partial charge in [-0.25, -0.2) is 0 Å². The van der Waals surface area contributed by atoms with Crippen LogP contribution in [0, 0.1) is 5.41 Å². The first-order valence-electron chi connectivity index (χ1n) is 8.10. The average Bonchev–Trinajstić information content (AvgIpc) is 3.22. The summed E-state index contributed by atoms with van der Waals surface area (Å²) in [6, 6.07) is 11.7. The van der Waals surface area contributed by atoms with Crippen LogP contribution < -0.4 is 5.32 Å². The first-order chi connectivity index (χ1) is 11.7. The van der Waals surface area contributed by atoms with Crippen molar-refractivity contribution in [2.75, 3.05) is 19.6 Å². The van der Waals surface area contributed by atoms with Crippen molar-refractivity contribution in [2.24, 2.45) is 5.41 Å². The van der Waals surface area contributed by atoms with Gasteiger partial charge in [0.1, 0.15) is 0 Å². The van der Waals surface area contributed by atoms with Gasteiger partial charge in [-0.2, -0.15) is 10.2 Å². The highest BCUT2D eigenvalue weighted by Gasteiger charge is 2.55. The van der Waals surface area contributed by atoms with Gasteiger partial charge in [-0.1, -0.05) is 30.3 Å². The lowest BCUT2D eigenvalue weighted by atomic mass is 9.73. The lowest BCUT2D eigenvalue weighted by Gasteiger charge is -2.28. The Morgan fingerprint density at radius 1 is 1.21 bits per heavy atom. The molecule has 4 rings (SSSR count). The predicted molar refractivity (Wildman–Crippen MR) is 87.2 cm³/mol. The Morgan fingerprint density at radius 2 is 2.04 bits per heavy atom. The van der Waals surface area contributed by atoms with Gasteiger partial charge in [0.25, 0.3) is 5.91 Å². The van der Waals surface area contributed by atoms with Crippen LogP contribution in [0.5, 0.6) is 0 Å². The number of aromatic nitrogens is 2. The third-order valence-corrected chi connectivity index (χ3v) is 5.21. The van der Waals surface area contributed by atoms with Gasteiger partial charge in [0.05, 0.1) is 23.4 Å². The van der Waals surface area contributed by atoms with Crippen molar-refractivity contribution in [1.82, 2.24) is 20.4 Å². The smallest absolute Gasteiger partial charge is 0.255 e. The van der Waals surface area contributed by atoms with Crippen molar-refractivity contribution in [2.45, 2.75) is 12.3 Å². The quantitative estimate of drug-likeness (QED) is 0.902. The number of likely N-dealkylation sites (tertiary alicyclic amines) is 1. The minimum Gasteiger partial charge on any atom is -0.355 e. The van der Waals surface area contributed by atoms with Crippen LogP contribution in [0.25, 0.3) is 0 Å². The molecule has 0 bridgehead atoms. The molecule has 6 nitrogen and oxygen atoms in total. The molecule has 2 aromatic rings. The molecule has 6 heteroatoms. The summed E-state index contributed by atoms with van der Waals surface area (Å²) in [4.78, 5) is 27.0. The Bertz CT molecular complexity index is 765. The number of amides is 2. The molecule has 0 aliphatic carbocycles. The molecule has 24 heavy (non-hydrogen) atoms. The van der Waals surface area contributed by atoms with Gasteiger partial charge in [0.2, 0.25) is 5.91 Å². The van der Waals surface area contributed by atoms with Gasteiger partial charge >= 0.3 is 0 Å². The van der Waals surface area contributed by atoms with E-state index in [-0.39, 0.29) is 17.7 Å². The number of rotatable bonds is 2. The predicted octanol–water partition coefficient (Wildman–Crippen LogP) is 1.22. The number of hydrogen-bond acceptors (Lipinski definition) is 4. The first-order valence-corrected chi connectivity index (χ1v) is 8.10. The first kappa shape index (κ1) is 14.8. The summed E-state index contributed by atoms with van der Waals surface area (Å²) in [7, 11) is 0. The highest BCUT2D eigenvalue weighted by molar-refractivity contribution is 5.95. The van der Waals surface area contributed by atoms with Crippen LogP contribution in [0.4, 0.5) is 0 Å². The highest BCUT2D eigenvalue weighted by atomic mass is 16.2. The third kappa shape index (κ3) is 2.26. The zero-order valence-electron chi connectivity index (χ0n) is 13.2. The second-order valence-corrected chi connectivity index (χ2v) is 6.44. The van der Waals surface area contributed by atoms with E-state index in [0.29, 0.717) is 31.6 Å². The second kappa shape index (κ2) is 5.70. The average molecular weight is 322 g/mol. The number of hydrogen-bond donors (Lipinski definition) is 1. The van der Waals surface area contributed by atoms with Crippen LogP contribution in [0.1, 0.15) is 28.3 Å². The SMILES string of the molecule is O=C(c1ccnnc1)N1CC[C@]2(C1)C(=O)NC[C@@H]2c1ccccc1. The largest absolute Gasteiger partial charge is 0.355 e. The fourth-order valence-corrected chi connectivity index (χ4v) is 3.92. The number of carbonyl (C=O) groups is 2. The minimum absolute atomic E-state index is 0.0551. The topological polar surface area (TPSA) is 75.2 Å². The lowest BCUT2D eigenvalue weighted by Crippen LogP contribution is -2.39. The monoisotopic (exact) mass is 322 g/mol. The van der Waals surface area contributed by atoms with E-state index in [1.807, 2.05) is 18.2 Å². The molecule has 0 saturated carbocycles. The molecule has 3 heterocycles. The zero-order chi connectivity index (χ0) is 16.6. The minimum atomic E-state index is -0.530. The Balaban J connectivity index is 1.61. The van der Waals surface area contributed by atoms with E-state index >= 15 is 0 Å². The van der Waals surface area contributed by atoms with Crippen molar-refractivity contribution in [3.8, 4) is 0 Å². The van der Waals surface area contributed by atoms with Crippen LogP contribution >= 0.6 is 0 Å². The molecule has 2 aliphatic rings. The molecule has 1 N–H and O–H groups in total. The molecular formula is C18H18N4O2. The molecule has 2 atom stereocenters. The van der Waals surface area contributed by atoms with Crippen LogP contribution in [0.15, 0.2) is 48.8 Å². The van der Waals surface area contributed by atoms with Gasteiger partial charge < -0.3 is 10.2 Å². The molecule has 1 aromatic heterocycles. The Kier molecular flexibility index (Phi) is 3.52. The summed E-state index contributed by atoms with van der Waals surface area (Å²) in [5.41, 5.74) is 1.13. The third-order valence-electron chi connectivity index (χ3n) is 5.21. The fraction of sp³-hybridized carbons (Fsp3) is 0.333. The van der Waals surface area contributed by atoms with Crippen molar-refractivity contribution < 1.29 is 9.59 Å². The van der Waals surface area contributed by atoms with Gasteiger partial charge in [-0.3, -0.25) is 9.59 Å². The Hall–Kier alpha value is -2.76. The number of benzene rings is 1. The Morgan fingerprint density at radius 3 is 2.79 bits per heavy atom. The molecule has 1 aromatic carbocycles. The summed E-state index contributed by atoms with van der Waals surface area (Å²) in [6.07, 6.45) is 3.66. The molecule has 122 valence electrons. The second-order valence-electron chi connectivity index (χ2n) is 6.44. The number of nitrogens with one attached hydrogen (secondary N) is 1. The Labute approximate surface area is 139 Å². The molecule has 0 radical (unpaired) electrons. The summed E-state index contributed by atoms with van der Waals surface area (Å²) in [6.45, 7) is 1.65. The maximum Gasteiger partial charge on any atom is 0.255 e. The molecule has 2 aliphatic heterocycles. The van der Waals surface area contributed by atoms with Crippen molar-refractivity contribution in [1.29, 1.82) is 0 Å². The van der Waals surface area contributed by atoms with E-state index in [2.05, 4.69) is 27.6 Å². The summed E-state index contributed by atoms with van der Waals surface area (Å²) < 4.78 is 0. The summed E-state index contributed by atoms with van der Waals surface area (Å²) in [5.74, 6) is 0.0624. The van der Waals surface area contributed by atoms with E-state index in [4.69, 9.17) is 0 Å². The van der Waals surface area contributed by atoms with E-state index in [0.717, 1.165) is 5.56 Å². The highest BCUT2D eigenvalue weighted by Crippen LogP contribution is 2.47. The van der Waals surface area contributed by atoms with Gasteiger partial charge in [0, 0.05) is 25.6 Å². The van der Waals surface area contributed by atoms with Crippen molar-refractivity contribution in [3.63, 3.8) is 0 Å². The van der Waals surface area contributed by atoms with E-state index in [1.54, 1.807) is 11.0 Å². The standard InChI is InChI=1S/C18H18N4O2/c23-16(14-6-8-20-21-10-14)22-9-7-18(12-22)15(11-19-17(18)24)13-4-2-1-3-5-13/h1-6,8,10,15H,7,9,11-12H2,(H,19,24)/t15-,18-/m1/s1. The molecular weight excluding hydrogens is 304 g/mol. The van der Waals surface area contributed by atoms with Crippen molar-refractivity contribution >= 4 is 11.8 Å². The van der Waals surface area contributed by atoms with Crippen LogP contribution in [-0.2, 0) is 4.79 Å². The van der Waals surface area contributed by atoms with Crippen LogP contribution in [0.3, 0.4) is 0 Å². The molecule has 1 spiro atoms. The number of carbonyl (C=O) groups excluding carboxylic acids is 2. The molecule has 0 unspecified atom stereocenters. The van der Waals surface area contributed by atoms with E-state index in [9.17, 15) is 9.59 Å². The lowest BCUT2D eigenvalue weighted by molar-refractivity contribution is -0.127. The molecule has 2 fully saturated rings. The normalized spacial score (nSPS) is 25.9. The van der Waals surface area contributed by atoms with Gasteiger partial charge in [-0.05, 0) is 18.1 Å². The van der Waals surface area contributed by atoms with Crippen molar-refractivity contribution in [3.05, 3.63) is 59.9 Å². The maximum atomic E-state index is 12.7. The summed E-state index contributed by atoms with van der Waals surface area (Å²) in [5, 5.41) is 10.5. The zero-order valence-corrected chi connectivity index (χ0v) is 13.2. The maximum absolute atomic E-state index is 12.7. The van der Waals surface area contributed by atoms with Crippen LogP contribution in [-0.4, -0.2) is 46.5 Å². The van der Waals surface area contributed by atoms with E-state index in [1.165, 1.54) is 12.4 Å². The molecule has 2 saturated heterocycles. The summed E-state index contributed by atoms with van der Waals surface area (Å²) >= 11 is 0. The molecule has 2 amide bonds. The van der Waals surface area contributed by atoms with E-state index < -0.39 is 5.41 Å². The number of nitrogens with zero attached hydrogens (tertiary/aromatic N) is 3.